The van der Waals surface area contributed by atoms with Crippen molar-refractivity contribution in [2.24, 2.45) is 0 Å². The van der Waals surface area contributed by atoms with Crippen molar-refractivity contribution in [2.45, 2.75) is 38.1 Å². The SMILES string of the molecule is CCC(C(=O)O)N(C)C(=O)Nc1nc(C2CC2)cs1. The number of carbonyl (C=O) groups is 2. The third-order valence-electron chi connectivity index (χ3n) is 3.19. The fraction of sp³-hybridized carbons (Fsp3) is 0.583. The molecule has 104 valence electrons. The highest BCUT2D eigenvalue weighted by Crippen LogP contribution is 2.40. The lowest BCUT2D eigenvalue weighted by Gasteiger charge is -2.23. The molecule has 0 aromatic carbocycles. The number of hydrogen-bond donors (Lipinski definition) is 2. The normalized spacial score (nSPS) is 15.9. The van der Waals surface area contributed by atoms with E-state index in [0.29, 0.717) is 17.5 Å². The van der Waals surface area contributed by atoms with Crippen molar-refractivity contribution >= 4 is 28.5 Å². The summed E-state index contributed by atoms with van der Waals surface area (Å²) in [5, 5.41) is 14.1. The lowest BCUT2D eigenvalue weighted by Crippen LogP contribution is -2.44. The van der Waals surface area contributed by atoms with Gasteiger partial charge in [0.1, 0.15) is 6.04 Å². The number of anilines is 1. The molecule has 1 unspecified atom stereocenters. The molecule has 0 radical (unpaired) electrons. The number of nitrogens with one attached hydrogen (secondary N) is 1. The van der Waals surface area contributed by atoms with E-state index in [-0.39, 0.29) is 0 Å². The van der Waals surface area contributed by atoms with Crippen LogP contribution >= 0.6 is 11.3 Å². The van der Waals surface area contributed by atoms with Gasteiger partial charge in [0, 0.05) is 18.3 Å². The molecule has 0 aliphatic heterocycles. The minimum Gasteiger partial charge on any atom is -0.480 e. The minimum absolute atomic E-state index is 0.366. The highest BCUT2D eigenvalue weighted by molar-refractivity contribution is 7.13. The number of carbonyl (C=O) groups excluding carboxylic acids is 1. The molecule has 1 saturated carbocycles. The van der Waals surface area contributed by atoms with Crippen molar-refractivity contribution in [2.75, 3.05) is 12.4 Å². The monoisotopic (exact) mass is 283 g/mol. The zero-order chi connectivity index (χ0) is 14.0. The van der Waals surface area contributed by atoms with E-state index in [2.05, 4.69) is 10.3 Å². The third-order valence-corrected chi connectivity index (χ3v) is 3.97. The Morgan fingerprint density at radius 3 is 2.84 bits per heavy atom. The van der Waals surface area contributed by atoms with Crippen molar-refractivity contribution in [1.29, 1.82) is 0 Å². The number of amides is 2. The molecular formula is C12H17N3O3S. The number of likely N-dealkylation sites (N-methyl/N-ethyl adjacent to an activating group) is 1. The van der Waals surface area contributed by atoms with Crippen molar-refractivity contribution in [3.8, 4) is 0 Å². The molecule has 1 aliphatic carbocycles. The first kappa shape index (κ1) is 13.8. The smallest absolute Gasteiger partial charge is 0.326 e. The summed E-state index contributed by atoms with van der Waals surface area (Å²) >= 11 is 1.37. The predicted molar refractivity (Wildman–Crippen MR) is 72.6 cm³/mol. The Bertz CT molecular complexity index is 484. The zero-order valence-electron chi connectivity index (χ0n) is 10.9. The van der Waals surface area contributed by atoms with E-state index in [9.17, 15) is 9.59 Å². The van der Waals surface area contributed by atoms with Crippen LogP contribution in [-0.2, 0) is 4.79 Å². The van der Waals surface area contributed by atoms with Crippen LogP contribution in [0.15, 0.2) is 5.38 Å². The van der Waals surface area contributed by atoms with E-state index in [1.807, 2.05) is 5.38 Å². The van der Waals surface area contributed by atoms with Crippen LogP contribution in [-0.4, -0.2) is 40.1 Å². The number of thiazole rings is 1. The van der Waals surface area contributed by atoms with Gasteiger partial charge in [0.05, 0.1) is 5.69 Å². The van der Waals surface area contributed by atoms with Gasteiger partial charge in [0.15, 0.2) is 5.13 Å². The summed E-state index contributed by atoms with van der Waals surface area (Å²) in [5.41, 5.74) is 1.02. The van der Waals surface area contributed by atoms with Gasteiger partial charge in [-0.05, 0) is 19.3 Å². The van der Waals surface area contributed by atoms with Gasteiger partial charge < -0.3 is 10.0 Å². The molecule has 0 spiro atoms. The summed E-state index contributed by atoms with van der Waals surface area (Å²) in [7, 11) is 1.48. The first-order valence-corrected chi connectivity index (χ1v) is 7.13. The Hall–Kier alpha value is -1.63. The standard InChI is InChI=1S/C12H17N3O3S/c1-3-9(10(16)17)15(2)12(18)14-11-13-8(6-19-11)7-4-5-7/h6-7,9H,3-5H2,1-2H3,(H,16,17)(H,13,14,18). The molecule has 7 heteroatoms. The highest BCUT2D eigenvalue weighted by atomic mass is 32.1. The van der Waals surface area contributed by atoms with Crippen molar-refractivity contribution < 1.29 is 14.7 Å². The Morgan fingerprint density at radius 1 is 1.63 bits per heavy atom. The Morgan fingerprint density at radius 2 is 2.32 bits per heavy atom. The van der Waals surface area contributed by atoms with Gasteiger partial charge in [-0.3, -0.25) is 5.32 Å². The van der Waals surface area contributed by atoms with Gasteiger partial charge in [-0.1, -0.05) is 6.92 Å². The number of urea groups is 1. The predicted octanol–water partition coefficient (Wildman–Crippen LogP) is 2.35. The minimum atomic E-state index is -1.00. The van der Waals surface area contributed by atoms with Crippen LogP contribution in [0.4, 0.5) is 9.93 Å². The molecular weight excluding hydrogens is 266 g/mol. The van der Waals surface area contributed by atoms with E-state index in [4.69, 9.17) is 5.11 Å². The molecule has 0 bridgehead atoms. The van der Waals surface area contributed by atoms with Crippen LogP contribution in [0.2, 0.25) is 0 Å². The topological polar surface area (TPSA) is 82.5 Å². The van der Waals surface area contributed by atoms with E-state index in [1.165, 1.54) is 23.3 Å². The number of aliphatic carboxylic acids is 1. The van der Waals surface area contributed by atoms with Gasteiger partial charge in [-0.2, -0.15) is 0 Å². The van der Waals surface area contributed by atoms with Crippen molar-refractivity contribution in [3.63, 3.8) is 0 Å². The van der Waals surface area contributed by atoms with Gasteiger partial charge >= 0.3 is 12.0 Å². The van der Waals surface area contributed by atoms with Crippen LogP contribution < -0.4 is 5.32 Å². The Balaban J connectivity index is 1.96. The van der Waals surface area contributed by atoms with E-state index in [1.54, 1.807) is 6.92 Å². The number of aromatic nitrogens is 1. The number of nitrogens with zero attached hydrogens (tertiary/aromatic N) is 2. The van der Waals surface area contributed by atoms with Crippen LogP contribution in [0.1, 0.15) is 37.8 Å². The van der Waals surface area contributed by atoms with Gasteiger partial charge in [-0.15, -0.1) is 11.3 Å². The highest BCUT2D eigenvalue weighted by Gasteiger charge is 2.28. The Labute approximate surface area is 115 Å². The van der Waals surface area contributed by atoms with Crippen LogP contribution in [0.5, 0.6) is 0 Å². The van der Waals surface area contributed by atoms with Crippen molar-refractivity contribution in [1.82, 2.24) is 9.88 Å². The molecule has 1 aromatic heterocycles. The molecule has 1 heterocycles. The van der Waals surface area contributed by atoms with Crippen LogP contribution in [0.25, 0.3) is 0 Å². The Kier molecular flexibility index (Phi) is 4.04. The molecule has 1 aliphatic rings. The molecule has 1 aromatic rings. The van der Waals surface area contributed by atoms with Crippen LogP contribution in [0.3, 0.4) is 0 Å². The quantitative estimate of drug-likeness (QED) is 0.869. The summed E-state index contributed by atoms with van der Waals surface area (Å²) in [4.78, 5) is 28.5. The summed E-state index contributed by atoms with van der Waals surface area (Å²) in [6, 6.07) is -1.26. The number of carboxylic acid groups (broad SMARTS) is 1. The second kappa shape index (κ2) is 5.56. The molecule has 1 atom stereocenters. The third kappa shape index (κ3) is 3.23. The van der Waals surface area contributed by atoms with Gasteiger partial charge in [-0.25, -0.2) is 14.6 Å². The number of carboxylic acids is 1. The first-order valence-electron chi connectivity index (χ1n) is 6.25. The molecule has 2 amide bonds. The second-order valence-corrected chi connectivity index (χ2v) is 5.51. The summed E-state index contributed by atoms with van der Waals surface area (Å²) < 4.78 is 0. The van der Waals surface area contributed by atoms with Crippen molar-refractivity contribution in [3.05, 3.63) is 11.1 Å². The van der Waals surface area contributed by atoms with E-state index in [0.717, 1.165) is 18.5 Å². The second-order valence-electron chi connectivity index (χ2n) is 4.66. The molecule has 19 heavy (non-hydrogen) atoms. The fourth-order valence-corrected chi connectivity index (χ4v) is 2.63. The zero-order valence-corrected chi connectivity index (χ0v) is 11.7. The average Bonchev–Trinajstić information content (AvgIpc) is 3.11. The van der Waals surface area contributed by atoms with E-state index < -0.39 is 18.0 Å². The fourth-order valence-electron chi connectivity index (χ4n) is 1.85. The van der Waals surface area contributed by atoms with Gasteiger partial charge in [0.2, 0.25) is 0 Å². The molecule has 2 N–H and O–H groups in total. The lowest BCUT2D eigenvalue weighted by atomic mass is 10.2. The molecule has 2 rings (SSSR count). The van der Waals surface area contributed by atoms with Crippen LogP contribution in [0, 0.1) is 0 Å². The largest absolute Gasteiger partial charge is 0.480 e. The van der Waals surface area contributed by atoms with E-state index >= 15 is 0 Å². The summed E-state index contributed by atoms with van der Waals surface area (Å²) in [5.74, 6) is -0.458. The first-order chi connectivity index (χ1) is 9.02. The number of hydrogen-bond acceptors (Lipinski definition) is 4. The summed E-state index contributed by atoms with van der Waals surface area (Å²) in [6.45, 7) is 1.73. The molecule has 6 nitrogen and oxygen atoms in total. The summed E-state index contributed by atoms with van der Waals surface area (Å²) in [6.07, 6.45) is 2.69. The molecule has 1 fully saturated rings. The maximum Gasteiger partial charge on any atom is 0.326 e. The number of rotatable bonds is 5. The lowest BCUT2D eigenvalue weighted by molar-refractivity contribution is -0.141. The molecule has 0 saturated heterocycles. The van der Waals surface area contributed by atoms with Gasteiger partial charge in [0.25, 0.3) is 0 Å². The average molecular weight is 283 g/mol. The maximum atomic E-state index is 11.9. The maximum absolute atomic E-state index is 11.9.